The summed E-state index contributed by atoms with van der Waals surface area (Å²) in [6.07, 6.45) is 12.5. The van der Waals surface area contributed by atoms with Crippen molar-refractivity contribution < 1.29 is 4.79 Å². The zero-order valence-electron chi connectivity index (χ0n) is 20.4. The topological polar surface area (TPSA) is 94.0 Å². The third-order valence-corrected chi connectivity index (χ3v) is 6.97. The summed E-state index contributed by atoms with van der Waals surface area (Å²) in [5.74, 6) is 2.04. The van der Waals surface area contributed by atoms with Crippen LogP contribution in [-0.2, 0) is 0 Å². The Bertz CT molecular complexity index is 962. The molecule has 1 aliphatic heterocycles. The lowest BCUT2D eigenvalue weighted by Gasteiger charge is -2.23. The normalized spacial score (nSPS) is 16.4. The Morgan fingerprint density at radius 2 is 1.74 bits per heavy atom. The molecule has 1 amide bonds. The van der Waals surface area contributed by atoms with E-state index < -0.39 is 0 Å². The SMILES string of the molecule is CCCCNc1ncc(C(=N)c2ccc(C(=O)N3CCCC3)cc2)c(NCC2CCCCC2)n1. The highest BCUT2D eigenvalue weighted by Crippen LogP contribution is 2.25. The number of hydrogen-bond donors (Lipinski definition) is 3. The highest BCUT2D eigenvalue weighted by molar-refractivity contribution is 6.13. The van der Waals surface area contributed by atoms with Crippen molar-refractivity contribution in [3.63, 3.8) is 0 Å². The zero-order chi connectivity index (χ0) is 23.8. The van der Waals surface area contributed by atoms with E-state index in [9.17, 15) is 4.79 Å². The zero-order valence-corrected chi connectivity index (χ0v) is 20.4. The van der Waals surface area contributed by atoms with Crippen molar-refractivity contribution in [2.45, 2.75) is 64.7 Å². The van der Waals surface area contributed by atoms with Crippen molar-refractivity contribution >= 4 is 23.4 Å². The number of likely N-dealkylation sites (tertiary alicyclic amines) is 1. The van der Waals surface area contributed by atoms with Crippen LogP contribution in [-0.4, -0.2) is 52.7 Å². The first-order valence-corrected chi connectivity index (χ1v) is 13.0. The van der Waals surface area contributed by atoms with Gasteiger partial charge in [-0.15, -0.1) is 0 Å². The van der Waals surface area contributed by atoms with Gasteiger partial charge in [0.15, 0.2) is 0 Å². The van der Waals surface area contributed by atoms with E-state index >= 15 is 0 Å². The minimum atomic E-state index is 0.0799. The lowest BCUT2D eigenvalue weighted by molar-refractivity contribution is 0.0793. The minimum Gasteiger partial charge on any atom is -0.369 e. The molecule has 182 valence electrons. The molecule has 0 spiro atoms. The van der Waals surface area contributed by atoms with Crippen LogP contribution in [0.15, 0.2) is 30.5 Å². The van der Waals surface area contributed by atoms with Gasteiger partial charge in [-0.3, -0.25) is 10.2 Å². The molecular formula is C27H38N6O. The van der Waals surface area contributed by atoms with Crippen molar-refractivity contribution in [3.8, 4) is 0 Å². The third-order valence-electron chi connectivity index (χ3n) is 6.97. The van der Waals surface area contributed by atoms with Crippen molar-refractivity contribution in [3.05, 3.63) is 47.2 Å². The second-order valence-corrected chi connectivity index (χ2v) is 9.57. The van der Waals surface area contributed by atoms with E-state index in [2.05, 4.69) is 22.5 Å². The Kier molecular flexibility index (Phi) is 8.50. The number of benzene rings is 1. The number of nitrogens with one attached hydrogen (secondary N) is 3. The molecule has 7 heteroatoms. The Balaban J connectivity index is 1.50. The number of hydrogen-bond acceptors (Lipinski definition) is 6. The summed E-state index contributed by atoms with van der Waals surface area (Å²) in [6.45, 7) is 5.54. The van der Waals surface area contributed by atoms with E-state index in [1.165, 1.54) is 32.1 Å². The Morgan fingerprint density at radius 3 is 2.44 bits per heavy atom. The molecule has 0 bridgehead atoms. The van der Waals surface area contributed by atoms with Crippen LogP contribution in [0.3, 0.4) is 0 Å². The molecule has 1 saturated heterocycles. The van der Waals surface area contributed by atoms with Crippen molar-refractivity contribution in [2.24, 2.45) is 5.92 Å². The molecule has 34 heavy (non-hydrogen) atoms. The molecule has 1 aromatic carbocycles. The average Bonchev–Trinajstić information content (AvgIpc) is 3.43. The van der Waals surface area contributed by atoms with E-state index in [4.69, 9.17) is 10.4 Å². The van der Waals surface area contributed by atoms with Crippen LogP contribution in [0.5, 0.6) is 0 Å². The van der Waals surface area contributed by atoms with Gasteiger partial charge in [0.25, 0.3) is 5.91 Å². The summed E-state index contributed by atoms with van der Waals surface area (Å²) in [5, 5.41) is 15.7. The van der Waals surface area contributed by atoms with E-state index in [0.29, 0.717) is 34.5 Å². The molecular weight excluding hydrogens is 424 g/mol. The first kappa shape index (κ1) is 24.2. The van der Waals surface area contributed by atoms with Gasteiger partial charge in [-0.25, -0.2) is 4.98 Å². The van der Waals surface area contributed by atoms with Crippen molar-refractivity contribution in [1.82, 2.24) is 14.9 Å². The highest BCUT2D eigenvalue weighted by atomic mass is 16.2. The van der Waals surface area contributed by atoms with Gasteiger partial charge in [0, 0.05) is 43.5 Å². The van der Waals surface area contributed by atoms with Gasteiger partial charge in [0.05, 0.1) is 11.3 Å². The standard InChI is InChI=1S/C27H38N6O/c1-2-3-15-29-27-31-19-23(25(32-27)30-18-20-9-5-4-6-10-20)24(28)21-11-13-22(14-12-21)26(34)33-16-7-8-17-33/h11-14,19-20,28H,2-10,15-18H2,1H3,(H2,29,30,31,32). The maximum Gasteiger partial charge on any atom is 0.253 e. The first-order valence-electron chi connectivity index (χ1n) is 13.0. The molecule has 2 aliphatic rings. The summed E-state index contributed by atoms with van der Waals surface area (Å²) in [7, 11) is 0. The first-order chi connectivity index (χ1) is 16.7. The number of aromatic nitrogens is 2. The van der Waals surface area contributed by atoms with E-state index in [1.54, 1.807) is 6.20 Å². The lowest BCUT2D eigenvalue weighted by Crippen LogP contribution is -2.27. The summed E-state index contributed by atoms with van der Waals surface area (Å²) in [6, 6.07) is 7.40. The monoisotopic (exact) mass is 462 g/mol. The maximum absolute atomic E-state index is 12.7. The van der Waals surface area contributed by atoms with Crippen molar-refractivity contribution in [2.75, 3.05) is 36.8 Å². The number of unbranched alkanes of at least 4 members (excludes halogenated alkanes) is 1. The van der Waals surface area contributed by atoms with Gasteiger partial charge < -0.3 is 15.5 Å². The minimum absolute atomic E-state index is 0.0799. The lowest BCUT2D eigenvalue weighted by atomic mass is 9.89. The van der Waals surface area contributed by atoms with Crippen LogP contribution >= 0.6 is 0 Å². The molecule has 2 heterocycles. The molecule has 2 aromatic rings. The van der Waals surface area contributed by atoms with Crippen LogP contribution in [0.1, 0.15) is 86.2 Å². The quantitative estimate of drug-likeness (QED) is 0.328. The molecule has 7 nitrogen and oxygen atoms in total. The average molecular weight is 463 g/mol. The molecule has 4 rings (SSSR count). The summed E-state index contributed by atoms with van der Waals surface area (Å²) < 4.78 is 0. The Labute approximate surface area is 203 Å². The second kappa shape index (κ2) is 12.0. The van der Waals surface area contributed by atoms with Crippen LogP contribution in [0.4, 0.5) is 11.8 Å². The third kappa shape index (κ3) is 6.13. The summed E-state index contributed by atoms with van der Waals surface area (Å²) in [5.41, 5.74) is 2.50. The Morgan fingerprint density at radius 1 is 1.03 bits per heavy atom. The van der Waals surface area contributed by atoms with E-state index in [-0.39, 0.29) is 5.91 Å². The molecule has 1 aromatic heterocycles. The number of rotatable bonds is 10. The number of amides is 1. The second-order valence-electron chi connectivity index (χ2n) is 9.57. The molecule has 1 aliphatic carbocycles. The fourth-order valence-corrected chi connectivity index (χ4v) is 4.83. The van der Waals surface area contributed by atoms with Crippen molar-refractivity contribution in [1.29, 1.82) is 5.41 Å². The molecule has 3 N–H and O–H groups in total. The summed E-state index contributed by atoms with van der Waals surface area (Å²) >= 11 is 0. The largest absolute Gasteiger partial charge is 0.369 e. The van der Waals surface area contributed by atoms with Crippen LogP contribution in [0.2, 0.25) is 0 Å². The number of carbonyl (C=O) groups excluding carboxylic acids is 1. The predicted molar refractivity (Wildman–Crippen MR) is 138 cm³/mol. The molecule has 0 unspecified atom stereocenters. The predicted octanol–water partition coefficient (Wildman–Crippen LogP) is 5.33. The highest BCUT2D eigenvalue weighted by Gasteiger charge is 2.21. The molecule has 2 fully saturated rings. The van der Waals surface area contributed by atoms with Gasteiger partial charge in [-0.2, -0.15) is 4.98 Å². The van der Waals surface area contributed by atoms with Gasteiger partial charge in [0.2, 0.25) is 5.95 Å². The smallest absolute Gasteiger partial charge is 0.253 e. The van der Waals surface area contributed by atoms with Gasteiger partial charge in [0.1, 0.15) is 5.82 Å². The molecule has 1 saturated carbocycles. The molecule has 0 radical (unpaired) electrons. The number of carbonyl (C=O) groups is 1. The van der Waals surface area contributed by atoms with Gasteiger partial charge in [-0.1, -0.05) is 44.7 Å². The van der Waals surface area contributed by atoms with Crippen LogP contribution < -0.4 is 10.6 Å². The van der Waals surface area contributed by atoms with E-state index in [0.717, 1.165) is 57.4 Å². The maximum atomic E-state index is 12.7. The number of anilines is 2. The van der Waals surface area contributed by atoms with E-state index in [1.807, 2.05) is 29.2 Å². The molecule has 0 atom stereocenters. The van der Waals surface area contributed by atoms with Crippen LogP contribution in [0.25, 0.3) is 0 Å². The fourth-order valence-electron chi connectivity index (χ4n) is 4.83. The van der Waals surface area contributed by atoms with Gasteiger partial charge in [-0.05, 0) is 50.2 Å². The van der Waals surface area contributed by atoms with Gasteiger partial charge >= 0.3 is 0 Å². The Hall–Kier alpha value is -2.96. The summed E-state index contributed by atoms with van der Waals surface area (Å²) in [4.78, 5) is 23.8. The van der Waals surface area contributed by atoms with Crippen LogP contribution in [0, 0.1) is 11.3 Å². The number of nitrogens with zero attached hydrogens (tertiary/aromatic N) is 3. The fraction of sp³-hybridized carbons (Fsp3) is 0.556.